The topological polar surface area (TPSA) is 97.5 Å². The predicted molar refractivity (Wildman–Crippen MR) is 166 cm³/mol. The first kappa shape index (κ1) is 27.4. The number of nitriles is 1. The third-order valence-electron chi connectivity index (χ3n) is 7.30. The van der Waals surface area contributed by atoms with Gasteiger partial charge in [0.05, 0.1) is 17.8 Å². The van der Waals surface area contributed by atoms with Crippen LogP contribution in [0.15, 0.2) is 113 Å². The fourth-order valence-corrected chi connectivity index (χ4v) is 5.17. The monoisotopic (exact) mass is 567 g/mol. The number of carbonyl (C=O) groups excluding carboxylic acids is 1. The van der Waals surface area contributed by atoms with Crippen LogP contribution in [0.4, 0.5) is 0 Å². The molecule has 0 bridgehead atoms. The van der Waals surface area contributed by atoms with Crippen molar-refractivity contribution in [2.24, 2.45) is 5.10 Å². The van der Waals surface area contributed by atoms with Crippen molar-refractivity contribution in [2.75, 3.05) is 0 Å². The van der Waals surface area contributed by atoms with Gasteiger partial charge in [-0.25, -0.2) is 5.43 Å². The second-order valence-electron chi connectivity index (χ2n) is 10.2. The van der Waals surface area contributed by atoms with Crippen LogP contribution in [0.3, 0.4) is 0 Å². The summed E-state index contributed by atoms with van der Waals surface area (Å²) in [5.41, 5.74) is 9.36. The third-order valence-corrected chi connectivity index (χ3v) is 7.30. The minimum atomic E-state index is -0.462. The molecule has 0 saturated heterocycles. The number of aryl methyl sites for hydroxylation is 2. The number of hydrazone groups is 1. The molecule has 0 saturated carbocycles. The zero-order valence-electron chi connectivity index (χ0n) is 23.8. The van der Waals surface area contributed by atoms with E-state index < -0.39 is 5.91 Å². The highest BCUT2D eigenvalue weighted by atomic mass is 16.5. The molecular formula is C35H29N5O3. The first-order valence-electron chi connectivity index (χ1n) is 13.9. The second-order valence-corrected chi connectivity index (χ2v) is 10.2. The van der Waals surface area contributed by atoms with Crippen molar-refractivity contribution in [3.63, 3.8) is 0 Å². The summed E-state index contributed by atoms with van der Waals surface area (Å²) >= 11 is 0. The first-order valence-corrected chi connectivity index (χ1v) is 13.9. The number of furan rings is 1. The molecule has 0 aliphatic heterocycles. The molecule has 0 aliphatic carbocycles. The first-order chi connectivity index (χ1) is 21.0. The number of fused-ring (bicyclic) bond motifs is 1. The largest absolute Gasteiger partial charge is 0.486 e. The van der Waals surface area contributed by atoms with Gasteiger partial charge in [0, 0.05) is 46.3 Å². The SMILES string of the molecule is Cc1ccc(C)n1-c1ccc(OCc2ccc(C(=O)N/N=C/c3cn(Cc4ccccc4C#N)c4ccccc34)o2)cc1. The van der Waals surface area contributed by atoms with Crippen LogP contribution in [-0.4, -0.2) is 21.3 Å². The van der Waals surface area contributed by atoms with Gasteiger partial charge in [0.15, 0.2) is 5.76 Å². The molecule has 3 aromatic carbocycles. The molecule has 43 heavy (non-hydrogen) atoms. The van der Waals surface area contributed by atoms with Gasteiger partial charge >= 0.3 is 5.91 Å². The zero-order chi connectivity index (χ0) is 29.8. The Bertz CT molecular complexity index is 1970. The number of carbonyl (C=O) groups is 1. The summed E-state index contributed by atoms with van der Waals surface area (Å²) in [7, 11) is 0. The molecule has 0 unspecified atom stereocenters. The van der Waals surface area contributed by atoms with Gasteiger partial charge in [0.1, 0.15) is 18.1 Å². The quantitative estimate of drug-likeness (QED) is 0.152. The number of hydrogen-bond acceptors (Lipinski definition) is 5. The van der Waals surface area contributed by atoms with Crippen molar-refractivity contribution >= 4 is 23.0 Å². The molecule has 0 fully saturated rings. The van der Waals surface area contributed by atoms with E-state index in [1.54, 1.807) is 18.3 Å². The van der Waals surface area contributed by atoms with Gasteiger partial charge in [0.25, 0.3) is 0 Å². The summed E-state index contributed by atoms with van der Waals surface area (Å²) in [5, 5.41) is 14.6. The Hall–Kier alpha value is -5.81. The number of para-hydroxylation sites is 1. The van der Waals surface area contributed by atoms with Gasteiger partial charge in [-0.15, -0.1) is 0 Å². The van der Waals surface area contributed by atoms with E-state index in [2.05, 4.69) is 51.7 Å². The Kier molecular flexibility index (Phi) is 7.62. The van der Waals surface area contributed by atoms with E-state index in [9.17, 15) is 10.1 Å². The standard InChI is InChI=1S/C35H29N5O3/c1-24-11-12-25(2)40(24)29-13-15-30(16-14-29)42-23-31-17-18-34(43-31)35(41)38-37-20-28-22-39(33-10-6-5-9-32(28)33)21-27-8-4-3-7-26(27)19-36/h3-18,20,22H,21,23H2,1-2H3,(H,38,41)/b37-20+. The summed E-state index contributed by atoms with van der Waals surface area (Å²) in [6, 6.07) is 33.1. The van der Waals surface area contributed by atoms with Crippen LogP contribution in [0.2, 0.25) is 0 Å². The summed E-state index contributed by atoms with van der Waals surface area (Å²) < 4.78 is 15.8. The number of rotatable bonds is 9. The Morgan fingerprint density at radius 3 is 2.49 bits per heavy atom. The maximum Gasteiger partial charge on any atom is 0.307 e. The van der Waals surface area contributed by atoms with E-state index in [1.807, 2.05) is 79.0 Å². The fourth-order valence-electron chi connectivity index (χ4n) is 5.17. The van der Waals surface area contributed by atoms with E-state index >= 15 is 0 Å². The summed E-state index contributed by atoms with van der Waals surface area (Å²) in [4.78, 5) is 12.7. The van der Waals surface area contributed by atoms with Gasteiger partial charge in [-0.2, -0.15) is 10.4 Å². The number of ether oxygens (including phenoxy) is 1. The maximum absolute atomic E-state index is 12.7. The second kappa shape index (κ2) is 12.0. The Morgan fingerprint density at radius 1 is 0.953 bits per heavy atom. The molecule has 0 radical (unpaired) electrons. The van der Waals surface area contributed by atoms with Gasteiger partial charge in [-0.3, -0.25) is 4.79 Å². The lowest BCUT2D eigenvalue weighted by Crippen LogP contribution is -2.16. The third kappa shape index (κ3) is 5.83. The summed E-state index contributed by atoms with van der Waals surface area (Å²) in [6.07, 6.45) is 3.57. The summed E-state index contributed by atoms with van der Waals surface area (Å²) in [6.45, 7) is 4.88. The molecule has 0 aliphatic rings. The van der Waals surface area contributed by atoms with Crippen LogP contribution in [0.25, 0.3) is 16.6 Å². The number of benzene rings is 3. The highest BCUT2D eigenvalue weighted by Crippen LogP contribution is 2.23. The average Bonchev–Trinajstić information content (AvgIpc) is 3.74. The molecule has 8 nitrogen and oxygen atoms in total. The number of aromatic nitrogens is 2. The molecule has 6 rings (SSSR count). The molecule has 1 N–H and O–H groups in total. The number of nitrogens with one attached hydrogen (secondary N) is 1. The highest BCUT2D eigenvalue weighted by molar-refractivity contribution is 6.00. The van der Waals surface area contributed by atoms with Crippen LogP contribution in [-0.2, 0) is 13.2 Å². The van der Waals surface area contributed by atoms with Crippen molar-refractivity contribution in [2.45, 2.75) is 27.0 Å². The van der Waals surface area contributed by atoms with Gasteiger partial charge in [-0.1, -0.05) is 36.4 Å². The minimum Gasteiger partial charge on any atom is -0.486 e. The highest BCUT2D eigenvalue weighted by Gasteiger charge is 2.13. The molecule has 0 atom stereocenters. The van der Waals surface area contributed by atoms with Crippen molar-refractivity contribution in [1.82, 2.24) is 14.6 Å². The lowest BCUT2D eigenvalue weighted by Gasteiger charge is -2.10. The van der Waals surface area contributed by atoms with E-state index in [4.69, 9.17) is 9.15 Å². The normalized spacial score (nSPS) is 11.2. The van der Waals surface area contributed by atoms with Crippen molar-refractivity contribution in [3.05, 3.63) is 143 Å². The van der Waals surface area contributed by atoms with Crippen LogP contribution in [0, 0.1) is 25.2 Å². The number of nitrogens with zero attached hydrogens (tertiary/aromatic N) is 4. The molecule has 0 spiro atoms. The summed E-state index contributed by atoms with van der Waals surface area (Å²) in [5.74, 6) is 0.903. The molecule has 212 valence electrons. The lowest BCUT2D eigenvalue weighted by molar-refractivity contribution is 0.0923. The maximum atomic E-state index is 12.7. The minimum absolute atomic E-state index is 0.139. The van der Waals surface area contributed by atoms with Crippen molar-refractivity contribution in [1.29, 1.82) is 5.26 Å². The van der Waals surface area contributed by atoms with Gasteiger partial charge < -0.3 is 18.3 Å². The zero-order valence-corrected chi connectivity index (χ0v) is 23.8. The number of amides is 1. The van der Waals surface area contributed by atoms with Crippen LogP contribution < -0.4 is 10.2 Å². The molecule has 8 heteroatoms. The van der Waals surface area contributed by atoms with Crippen LogP contribution in [0.5, 0.6) is 5.75 Å². The van der Waals surface area contributed by atoms with E-state index in [1.165, 1.54) is 11.4 Å². The van der Waals surface area contributed by atoms with Crippen molar-refractivity contribution in [3.8, 4) is 17.5 Å². The molecule has 1 amide bonds. The van der Waals surface area contributed by atoms with Gasteiger partial charge in [-0.05, 0) is 80.1 Å². The van der Waals surface area contributed by atoms with E-state index in [-0.39, 0.29) is 12.4 Å². The van der Waals surface area contributed by atoms with E-state index in [0.29, 0.717) is 23.6 Å². The number of hydrogen-bond donors (Lipinski definition) is 1. The molecule has 3 aromatic heterocycles. The smallest absolute Gasteiger partial charge is 0.307 e. The van der Waals surface area contributed by atoms with Crippen LogP contribution >= 0.6 is 0 Å². The lowest BCUT2D eigenvalue weighted by atomic mass is 10.1. The molecule has 6 aromatic rings. The molecular weight excluding hydrogens is 538 g/mol. The predicted octanol–water partition coefficient (Wildman–Crippen LogP) is 6.90. The fraction of sp³-hybridized carbons (Fsp3) is 0.114. The van der Waals surface area contributed by atoms with Crippen molar-refractivity contribution < 1.29 is 13.9 Å². The van der Waals surface area contributed by atoms with E-state index in [0.717, 1.165) is 27.7 Å². The van der Waals surface area contributed by atoms with Gasteiger partial charge in [0.2, 0.25) is 0 Å². The average molecular weight is 568 g/mol. The Balaban J connectivity index is 1.08. The molecule has 3 heterocycles. The van der Waals surface area contributed by atoms with Crippen LogP contribution in [0.1, 0.15) is 44.4 Å². The Labute approximate surface area is 249 Å². The Morgan fingerprint density at radius 2 is 1.70 bits per heavy atom.